The van der Waals surface area contributed by atoms with Gasteiger partial charge in [-0.1, -0.05) is 24.6 Å². The first kappa shape index (κ1) is 21.8. The molecule has 1 amide bonds. The number of aromatic nitrogens is 2. The number of hydrogen-bond acceptors (Lipinski definition) is 6. The summed E-state index contributed by atoms with van der Waals surface area (Å²) in [6.07, 6.45) is 8.57. The highest BCUT2D eigenvalue weighted by molar-refractivity contribution is 7.99. The number of rotatable bonds is 7. The minimum atomic E-state index is -0.151. The van der Waals surface area contributed by atoms with E-state index in [2.05, 4.69) is 9.88 Å². The number of nitrogens with zero attached hydrogens (tertiary/aromatic N) is 4. The van der Waals surface area contributed by atoms with Gasteiger partial charge in [0.2, 0.25) is 5.91 Å². The van der Waals surface area contributed by atoms with Gasteiger partial charge in [0.1, 0.15) is 5.03 Å². The van der Waals surface area contributed by atoms with Gasteiger partial charge in [-0.25, -0.2) is 4.79 Å². The Morgan fingerprint density at radius 2 is 1.73 bits per heavy atom. The molecule has 0 unspecified atom stereocenters. The van der Waals surface area contributed by atoms with Crippen molar-refractivity contribution in [2.45, 2.75) is 62.9 Å². The number of likely N-dealkylation sites (tertiary alicyclic amines) is 1. The molecule has 0 aromatic carbocycles. The summed E-state index contributed by atoms with van der Waals surface area (Å²) in [4.78, 5) is 34.2. The highest BCUT2D eigenvalue weighted by Crippen LogP contribution is 2.29. The van der Waals surface area contributed by atoms with Gasteiger partial charge < -0.3 is 9.64 Å². The van der Waals surface area contributed by atoms with Crippen LogP contribution in [0.25, 0.3) is 0 Å². The van der Waals surface area contributed by atoms with Crippen LogP contribution in [0.1, 0.15) is 49.8 Å². The largest absolute Gasteiger partial charge is 0.379 e. The third-order valence-electron chi connectivity index (χ3n) is 6.45. The number of carbonyl (C=O) groups excluding carboxylic acids is 1. The van der Waals surface area contributed by atoms with Crippen LogP contribution in [-0.2, 0) is 28.9 Å². The molecule has 2 saturated heterocycles. The van der Waals surface area contributed by atoms with E-state index in [0.29, 0.717) is 5.75 Å². The maximum atomic E-state index is 12.8. The topological polar surface area (TPSA) is 67.7 Å². The predicted molar refractivity (Wildman–Crippen MR) is 118 cm³/mol. The summed E-state index contributed by atoms with van der Waals surface area (Å²) in [6.45, 7) is 7.02. The average Bonchev–Trinajstić information content (AvgIpc) is 3.09. The molecule has 2 fully saturated rings. The molecule has 8 heteroatoms. The van der Waals surface area contributed by atoms with Gasteiger partial charge >= 0.3 is 5.69 Å². The molecule has 0 N–H and O–H groups in total. The molecule has 0 spiro atoms. The number of hydrogen-bond donors (Lipinski definition) is 0. The van der Waals surface area contributed by atoms with Crippen LogP contribution >= 0.6 is 11.8 Å². The van der Waals surface area contributed by atoms with Crippen molar-refractivity contribution in [2.24, 2.45) is 0 Å². The molecule has 0 saturated carbocycles. The van der Waals surface area contributed by atoms with Crippen LogP contribution in [0, 0.1) is 0 Å². The molecule has 1 aromatic rings. The molecule has 3 aliphatic rings. The van der Waals surface area contributed by atoms with Crippen molar-refractivity contribution < 1.29 is 9.53 Å². The summed E-state index contributed by atoms with van der Waals surface area (Å²) in [6, 6.07) is 0. The van der Waals surface area contributed by atoms with E-state index in [0.717, 1.165) is 102 Å². The Hall–Kier alpha value is -1.38. The molecule has 30 heavy (non-hydrogen) atoms. The number of thioether (sulfide) groups is 1. The Bertz CT molecular complexity index is 783. The fourth-order valence-electron chi connectivity index (χ4n) is 4.75. The molecule has 3 heterocycles. The Balaban J connectivity index is 1.37. The van der Waals surface area contributed by atoms with Crippen LogP contribution < -0.4 is 5.69 Å². The number of ether oxygens (including phenoxy) is 1. The normalized spacial score (nSPS) is 20.2. The molecule has 0 radical (unpaired) electrons. The van der Waals surface area contributed by atoms with Crippen LogP contribution in [0.5, 0.6) is 0 Å². The van der Waals surface area contributed by atoms with Crippen molar-refractivity contribution in [3.63, 3.8) is 0 Å². The lowest BCUT2D eigenvalue weighted by Gasteiger charge is -2.26. The van der Waals surface area contributed by atoms with Crippen LogP contribution in [0.15, 0.2) is 9.82 Å². The summed E-state index contributed by atoms with van der Waals surface area (Å²) in [5.74, 6) is 0.574. The van der Waals surface area contributed by atoms with Gasteiger partial charge in [-0.2, -0.15) is 4.98 Å². The Morgan fingerprint density at radius 1 is 0.967 bits per heavy atom. The zero-order chi connectivity index (χ0) is 20.8. The van der Waals surface area contributed by atoms with E-state index in [1.54, 1.807) is 0 Å². The van der Waals surface area contributed by atoms with Crippen molar-refractivity contribution in [3.05, 3.63) is 21.7 Å². The van der Waals surface area contributed by atoms with Crippen molar-refractivity contribution in [2.75, 3.05) is 51.7 Å². The molecule has 0 atom stereocenters. The maximum absolute atomic E-state index is 12.8. The van der Waals surface area contributed by atoms with Gasteiger partial charge in [-0.05, 0) is 38.5 Å². The Morgan fingerprint density at radius 3 is 2.50 bits per heavy atom. The SMILES string of the molecule is O=C(CSc1nc(=O)n(CCCN2CCOCC2)c2c1CCC2)N1CCCCCC1. The second-order valence-electron chi connectivity index (χ2n) is 8.52. The first-order chi connectivity index (χ1) is 14.7. The molecule has 166 valence electrons. The van der Waals surface area contributed by atoms with Crippen molar-refractivity contribution >= 4 is 17.7 Å². The number of carbonyl (C=O) groups is 1. The van der Waals surface area contributed by atoms with E-state index in [1.807, 2.05) is 9.47 Å². The van der Waals surface area contributed by atoms with Crippen molar-refractivity contribution in [1.82, 2.24) is 19.4 Å². The smallest absolute Gasteiger partial charge is 0.348 e. The van der Waals surface area contributed by atoms with Gasteiger partial charge in [-0.3, -0.25) is 14.3 Å². The minimum absolute atomic E-state index is 0.151. The monoisotopic (exact) mass is 434 g/mol. The highest BCUT2D eigenvalue weighted by atomic mass is 32.2. The fourth-order valence-corrected chi connectivity index (χ4v) is 5.73. The van der Waals surface area contributed by atoms with Gasteiger partial charge in [0.15, 0.2) is 0 Å². The van der Waals surface area contributed by atoms with Crippen LogP contribution in [0.2, 0.25) is 0 Å². The van der Waals surface area contributed by atoms with E-state index in [1.165, 1.54) is 30.2 Å². The predicted octanol–water partition coefficient (Wildman–Crippen LogP) is 1.95. The van der Waals surface area contributed by atoms with Gasteiger partial charge in [0, 0.05) is 50.5 Å². The summed E-state index contributed by atoms with van der Waals surface area (Å²) < 4.78 is 7.30. The highest BCUT2D eigenvalue weighted by Gasteiger charge is 2.23. The zero-order valence-corrected chi connectivity index (χ0v) is 18.8. The second-order valence-corrected chi connectivity index (χ2v) is 9.49. The quantitative estimate of drug-likeness (QED) is 0.483. The summed E-state index contributed by atoms with van der Waals surface area (Å²) in [5.41, 5.74) is 2.21. The number of fused-ring (bicyclic) bond motifs is 1. The van der Waals surface area contributed by atoms with Crippen LogP contribution in [0.4, 0.5) is 0 Å². The average molecular weight is 435 g/mol. The Kier molecular flexibility index (Phi) is 7.84. The van der Waals surface area contributed by atoms with E-state index in [9.17, 15) is 9.59 Å². The van der Waals surface area contributed by atoms with Gasteiger partial charge in [-0.15, -0.1) is 0 Å². The molecule has 7 nitrogen and oxygen atoms in total. The first-order valence-corrected chi connectivity index (χ1v) is 12.5. The van der Waals surface area contributed by atoms with Gasteiger partial charge in [0.05, 0.1) is 19.0 Å². The third-order valence-corrected chi connectivity index (χ3v) is 7.45. The van der Waals surface area contributed by atoms with E-state index in [4.69, 9.17) is 4.74 Å². The van der Waals surface area contributed by atoms with Crippen LogP contribution in [0.3, 0.4) is 0 Å². The van der Waals surface area contributed by atoms with Crippen LogP contribution in [-0.4, -0.2) is 76.9 Å². The Labute approximate surface area is 183 Å². The fraction of sp³-hybridized carbons (Fsp3) is 0.773. The molecule has 1 aliphatic carbocycles. The van der Waals surface area contributed by atoms with E-state index >= 15 is 0 Å². The molecule has 1 aromatic heterocycles. The molecular weight excluding hydrogens is 400 g/mol. The number of morpholine rings is 1. The third kappa shape index (κ3) is 5.45. The lowest BCUT2D eigenvalue weighted by atomic mass is 10.2. The van der Waals surface area contributed by atoms with Gasteiger partial charge in [0.25, 0.3) is 0 Å². The molecule has 2 aliphatic heterocycles. The van der Waals surface area contributed by atoms with Crippen molar-refractivity contribution in [1.29, 1.82) is 0 Å². The first-order valence-electron chi connectivity index (χ1n) is 11.6. The molecular formula is C22H34N4O3S. The number of amides is 1. The van der Waals surface area contributed by atoms with E-state index in [-0.39, 0.29) is 11.6 Å². The zero-order valence-electron chi connectivity index (χ0n) is 17.9. The summed E-state index contributed by atoms with van der Waals surface area (Å²) in [7, 11) is 0. The molecule has 0 bridgehead atoms. The summed E-state index contributed by atoms with van der Waals surface area (Å²) in [5, 5.41) is 0.792. The minimum Gasteiger partial charge on any atom is -0.379 e. The second kappa shape index (κ2) is 10.8. The van der Waals surface area contributed by atoms with E-state index < -0.39 is 0 Å². The lowest BCUT2D eigenvalue weighted by molar-refractivity contribution is -0.128. The van der Waals surface area contributed by atoms with Crippen molar-refractivity contribution in [3.8, 4) is 0 Å². The standard InChI is InChI=1S/C22H34N4O3S/c27-20(25-10-3-1-2-4-11-25)17-30-21-18-7-5-8-19(18)26(22(28)23-21)12-6-9-24-13-15-29-16-14-24/h1-17H2. The molecule has 4 rings (SSSR count). The lowest BCUT2D eigenvalue weighted by Crippen LogP contribution is -2.37. The summed E-state index contributed by atoms with van der Waals surface area (Å²) >= 11 is 1.47. The maximum Gasteiger partial charge on any atom is 0.348 e.